The summed E-state index contributed by atoms with van der Waals surface area (Å²) in [5.74, 6) is -1.43. The molecule has 0 aromatic carbocycles. The molecule has 0 radical (unpaired) electrons. The fourth-order valence-electron chi connectivity index (χ4n) is 3.58. The van der Waals surface area contributed by atoms with Crippen molar-refractivity contribution in [3.05, 3.63) is 18.0 Å². The van der Waals surface area contributed by atoms with Gasteiger partial charge in [-0.2, -0.15) is 18.3 Å². The maximum absolute atomic E-state index is 10.6. The van der Waals surface area contributed by atoms with Crippen LogP contribution in [0.1, 0.15) is 58.1 Å². The molecule has 1 saturated carbocycles. The normalized spacial score (nSPS) is 19.6. The smallest absolute Gasteiger partial charge is 0.475 e. The van der Waals surface area contributed by atoms with Crippen molar-refractivity contribution >= 4 is 5.97 Å². The lowest BCUT2D eigenvalue weighted by molar-refractivity contribution is -0.192. The molecular weight excluding hydrogens is 413 g/mol. The predicted octanol–water partition coefficient (Wildman–Crippen LogP) is 3.41. The first-order valence-corrected chi connectivity index (χ1v) is 10.5. The third-order valence-corrected chi connectivity index (χ3v) is 5.26. The van der Waals surface area contributed by atoms with Gasteiger partial charge in [-0.05, 0) is 71.5 Å². The number of nitrogens with one attached hydrogen (secondary N) is 1. The van der Waals surface area contributed by atoms with Gasteiger partial charge in [0.1, 0.15) is 11.4 Å². The van der Waals surface area contributed by atoms with E-state index in [4.69, 9.17) is 15.0 Å². The number of hydrogen-bond acceptors (Lipinski definition) is 5. The van der Waals surface area contributed by atoms with Crippen LogP contribution in [0.2, 0.25) is 0 Å². The third kappa shape index (κ3) is 6.28. The number of piperidine rings is 1. The van der Waals surface area contributed by atoms with Crippen LogP contribution in [0.3, 0.4) is 0 Å². The number of aromatic nitrogens is 5. The molecule has 0 bridgehead atoms. The van der Waals surface area contributed by atoms with Crippen molar-refractivity contribution in [2.24, 2.45) is 5.92 Å². The summed E-state index contributed by atoms with van der Waals surface area (Å²) < 4.78 is 35.9. The second kappa shape index (κ2) is 8.97. The van der Waals surface area contributed by atoms with Gasteiger partial charge in [0, 0.05) is 18.2 Å². The van der Waals surface area contributed by atoms with E-state index in [1.165, 1.54) is 31.4 Å². The Labute approximate surface area is 178 Å². The lowest BCUT2D eigenvalue weighted by atomic mass is 10.00. The Kier molecular flexibility index (Phi) is 6.73. The minimum atomic E-state index is -5.08. The number of carbonyl (C=O) groups is 1. The SMILES string of the molecule is CC(C)(C)n1nc(-c2cn(CC3CCCNC3)nn2)cc1C1CC1.O=C(O)C(F)(F)F. The van der Waals surface area contributed by atoms with Gasteiger partial charge in [0.05, 0.1) is 11.7 Å². The van der Waals surface area contributed by atoms with Crippen molar-refractivity contribution in [3.63, 3.8) is 0 Å². The molecule has 0 amide bonds. The Morgan fingerprint density at radius 3 is 2.42 bits per heavy atom. The molecule has 2 aromatic heterocycles. The molecule has 0 spiro atoms. The number of rotatable bonds is 4. The number of aliphatic carboxylic acids is 1. The summed E-state index contributed by atoms with van der Waals surface area (Å²) in [4.78, 5) is 8.90. The molecule has 11 heteroatoms. The van der Waals surface area contributed by atoms with Gasteiger partial charge in [-0.15, -0.1) is 5.10 Å². The molecular formula is C20H29F3N6O2. The van der Waals surface area contributed by atoms with Crippen LogP contribution in [-0.2, 0) is 16.9 Å². The maximum atomic E-state index is 10.6. The molecule has 2 fully saturated rings. The first-order valence-electron chi connectivity index (χ1n) is 10.5. The largest absolute Gasteiger partial charge is 0.490 e. The van der Waals surface area contributed by atoms with E-state index in [1.54, 1.807) is 0 Å². The van der Waals surface area contributed by atoms with E-state index < -0.39 is 12.1 Å². The Morgan fingerprint density at radius 2 is 1.90 bits per heavy atom. The van der Waals surface area contributed by atoms with Crippen LogP contribution in [0.25, 0.3) is 11.4 Å². The highest BCUT2D eigenvalue weighted by molar-refractivity contribution is 5.73. The van der Waals surface area contributed by atoms with Crippen molar-refractivity contribution in [2.75, 3.05) is 13.1 Å². The number of hydrogen-bond donors (Lipinski definition) is 2. The van der Waals surface area contributed by atoms with Crippen molar-refractivity contribution < 1.29 is 23.1 Å². The average Bonchev–Trinajstić information content (AvgIpc) is 3.23. The van der Waals surface area contributed by atoms with Crippen LogP contribution in [0.15, 0.2) is 12.3 Å². The van der Waals surface area contributed by atoms with Gasteiger partial charge < -0.3 is 10.4 Å². The van der Waals surface area contributed by atoms with E-state index in [-0.39, 0.29) is 5.54 Å². The van der Waals surface area contributed by atoms with Crippen molar-refractivity contribution in [3.8, 4) is 11.4 Å². The fourth-order valence-corrected chi connectivity index (χ4v) is 3.58. The number of carboxylic acid groups (broad SMARTS) is 1. The van der Waals surface area contributed by atoms with Gasteiger partial charge in [-0.3, -0.25) is 9.36 Å². The Bertz CT molecular complexity index is 890. The molecule has 2 aliphatic rings. The quantitative estimate of drug-likeness (QED) is 0.753. The minimum Gasteiger partial charge on any atom is -0.475 e. The molecule has 31 heavy (non-hydrogen) atoms. The van der Waals surface area contributed by atoms with Gasteiger partial charge in [-0.1, -0.05) is 5.21 Å². The van der Waals surface area contributed by atoms with E-state index in [9.17, 15) is 13.2 Å². The molecule has 4 rings (SSSR count). The van der Waals surface area contributed by atoms with Gasteiger partial charge >= 0.3 is 12.1 Å². The third-order valence-electron chi connectivity index (χ3n) is 5.26. The van der Waals surface area contributed by atoms with Crippen LogP contribution in [0, 0.1) is 5.92 Å². The van der Waals surface area contributed by atoms with Crippen LogP contribution in [0.4, 0.5) is 13.2 Å². The summed E-state index contributed by atoms with van der Waals surface area (Å²) in [6, 6.07) is 2.22. The Hall–Kier alpha value is -2.43. The summed E-state index contributed by atoms with van der Waals surface area (Å²) >= 11 is 0. The highest BCUT2D eigenvalue weighted by Crippen LogP contribution is 2.42. The predicted molar refractivity (Wildman–Crippen MR) is 107 cm³/mol. The molecule has 172 valence electrons. The molecule has 3 heterocycles. The zero-order chi connectivity index (χ0) is 22.8. The van der Waals surface area contributed by atoms with Crippen molar-refractivity contribution in [2.45, 2.75) is 70.6 Å². The van der Waals surface area contributed by atoms with Gasteiger partial charge in [0.2, 0.25) is 0 Å². The first-order chi connectivity index (χ1) is 14.4. The molecule has 1 saturated heterocycles. The highest BCUT2D eigenvalue weighted by atomic mass is 19.4. The van der Waals surface area contributed by atoms with Crippen LogP contribution in [-0.4, -0.2) is 55.1 Å². The van der Waals surface area contributed by atoms with E-state index in [0.717, 1.165) is 31.0 Å². The molecule has 1 unspecified atom stereocenters. The Balaban J connectivity index is 0.000000339. The average molecular weight is 442 g/mol. The zero-order valence-electron chi connectivity index (χ0n) is 18.0. The molecule has 8 nitrogen and oxygen atoms in total. The highest BCUT2D eigenvalue weighted by Gasteiger charge is 2.38. The number of alkyl halides is 3. The monoisotopic (exact) mass is 442 g/mol. The van der Waals surface area contributed by atoms with E-state index in [1.807, 2.05) is 4.68 Å². The van der Waals surface area contributed by atoms with Crippen LogP contribution >= 0.6 is 0 Å². The van der Waals surface area contributed by atoms with Gasteiger partial charge in [0.25, 0.3) is 0 Å². The molecule has 1 aliphatic heterocycles. The van der Waals surface area contributed by atoms with E-state index in [0.29, 0.717) is 11.8 Å². The van der Waals surface area contributed by atoms with Gasteiger partial charge in [0.15, 0.2) is 0 Å². The summed E-state index contributed by atoms with van der Waals surface area (Å²) in [6.07, 6.45) is 2.06. The second-order valence-electron chi connectivity index (χ2n) is 9.15. The summed E-state index contributed by atoms with van der Waals surface area (Å²) in [7, 11) is 0. The minimum absolute atomic E-state index is 0.0000651. The van der Waals surface area contributed by atoms with E-state index >= 15 is 0 Å². The Morgan fingerprint density at radius 1 is 1.23 bits per heavy atom. The van der Waals surface area contributed by atoms with Crippen molar-refractivity contribution in [1.29, 1.82) is 0 Å². The van der Waals surface area contributed by atoms with E-state index in [2.05, 4.69) is 53.3 Å². The molecule has 1 atom stereocenters. The topological polar surface area (TPSA) is 97.9 Å². The summed E-state index contributed by atoms with van der Waals surface area (Å²) in [5, 5.41) is 24.2. The summed E-state index contributed by atoms with van der Waals surface area (Å²) in [5.41, 5.74) is 3.20. The van der Waals surface area contributed by atoms with Crippen LogP contribution < -0.4 is 5.32 Å². The number of nitrogens with zero attached hydrogens (tertiary/aromatic N) is 5. The van der Waals surface area contributed by atoms with Crippen molar-refractivity contribution in [1.82, 2.24) is 30.1 Å². The standard InChI is InChI=1S/C18H28N6.C2HF3O2/c1-18(2,3)24-17(14-6-7-14)9-15(21-24)16-12-23(22-20-16)11-13-5-4-8-19-10-13;3-2(4,5)1(6)7/h9,12-14,19H,4-8,10-11H2,1-3H3;(H,6,7). The maximum Gasteiger partial charge on any atom is 0.490 e. The first kappa shape index (κ1) is 23.2. The number of carboxylic acids is 1. The summed E-state index contributed by atoms with van der Waals surface area (Å²) in [6.45, 7) is 9.80. The van der Waals surface area contributed by atoms with Gasteiger partial charge in [-0.25, -0.2) is 4.79 Å². The zero-order valence-corrected chi connectivity index (χ0v) is 18.0. The lowest BCUT2D eigenvalue weighted by Gasteiger charge is -2.22. The molecule has 1 aliphatic carbocycles. The van der Waals surface area contributed by atoms with Crippen LogP contribution in [0.5, 0.6) is 0 Å². The lowest BCUT2D eigenvalue weighted by Crippen LogP contribution is -2.32. The second-order valence-corrected chi connectivity index (χ2v) is 9.15. The molecule has 2 N–H and O–H groups in total. The molecule has 2 aromatic rings. The number of halogens is 3. The fraction of sp³-hybridized carbons (Fsp3) is 0.700.